The number of rotatable bonds is 13. The Morgan fingerprint density at radius 1 is 0.889 bits per heavy atom. The second-order valence-corrected chi connectivity index (χ2v) is 11.9. The summed E-state index contributed by atoms with van der Waals surface area (Å²) in [6.45, 7) is 2.59. The van der Waals surface area contributed by atoms with Gasteiger partial charge < -0.3 is 25.0 Å². The van der Waals surface area contributed by atoms with Crippen molar-refractivity contribution in [3.05, 3.63) is 95.1 Å². The van der Waals surface area contributed by atoms with E-state index in [0.717, 1.165) is 52.9 Å². The number of nitrogens with zero attached hydrogens (tertiary/aromatic N) is 1. The van der Waals surface area contributed by atoms with Crippen LogP contribution in [0.4, 0.5) is 0 Å². The molecule has 0 aromatic heterocycles. The standard InChI is InChI=1S/C35H43N3O7/c39-23-24-9-11-26(12-10-24)32-19-30(22-38-18-17-29(40)21-38)44-35(45-32)27-15-13-25(14-16-27)31-6-2-1-5-28(31)20-36-33(41)7-3-4-8-34(42)37-43/h1-2,5-6,9-16,29-30,32,35,39-40,43H,3-4,7-8,17-23H2,(H,36,41)(H,37,42). The first-order valence-corrected chi connectivity index (χ1v) is 15.7. The molecule has 45 heavy (non-hydrogen) atoms. The van der Waals surface area contributed by atoms with E-state index in [9.17, 15) is 19.8 Å². The Kier molecular flexibility index (Phi) is 11.7. The molecule has 0 spiro atoms. The highest BCUT2D eigenvalue weighted by atomic mass is 16.7. The van der Waals surface area contributed by atoms with Gasteiger partial charge in [-0.2, -0.15) is 0 Å². The van der Waals surface area contributed by atoms with E-state index in [0.29, 0.717) is 38.8 Å². The molecule has 0 radical (unpaired) electrons. The van der Waals surface area contributed by atoms with Gasteiger partial charge in [-0.3, -0.25) is 19.7 Å². The summed E-state index contributed by atoms with van der Waals surface area (Å²) >= 11 is 0. The van der Waals surface area contributed by atoms with Crippen molar-refractivity contribution in [2.75, 3.05) is 19.6 Å². The normalized spacial score (nSPS) is 21.8. The molecule has 240 valence electrons. The number of aliphatic hydroxyl groups is 2. The van der Waals surface area contributed by atoms with Gasteiger partial charge in [0.1, 0.15) is 0 Å². The van der Waals surface area contributed by atoms with Crippen LogP contribution >= 0.6 is 0 Å². The molecule has 5 rings (SSSR count). The number of unbranched alkanes of at least 4 members (excludes halogenated alkanes) is 1. The topological polar surface area (TPSA) is 141 Å². The fraction of sp³-hybridized carbons (Fsp3) is 0.429. The van der Waals surface area contributed by atoms with E-state index in [1.807, 2.05) is 72.8 Å². The van der Waals surface area contributed by atoms with Crippen LogP contribution in [0.25, 0.3) is 11.1 Å². The Morgan fingerprint density at radius 3 is 2.29 bits per heavy atom. The first-order valence-electron chi connectivity index (χ1n) is 15.7. The lowest BCUT2D eigenvalue weighted by atomic mass is 9.97. The van der Waals surface area contributed by atoms with Gasteiger partial charge in [0, 0.05) is 51.0 Å². The molecule has 10 heteroatoms. The zero-order valence-corrected chi connectivity index (χ0v) is 25.4. The van der Waals surface area contributed by atoms with Crippen LogP contribution in [0.3, 0.4) is 0 Å². The summed E-state index contributed by atoms with van der Waals surface area (Å²) in [5.41, 5.74) is 7.41. The number of nitrogens with one attached hydrogen (secondary N) is 2. The Bertz CT molecular complexity index is 1400. The predicted octanol–water partition coefficient (Wildman–Crippen LogP) is 4.14. The van der Waals surface area contributed by atoms with Gasteiger partial charge in [0.2, 0.25) is 11.8 Å². The molecule has 2 aliphatic rings. The van der Waals surface area contributed by atoms with Gasteiger partial charge in [-0.1, -0.05) is 72.8 Å². The van der Waals surface area contributed by atoms with Gasteiger partial charge >= 0.3 is 0 Å². The molecule has 2 fully saturated rings. The first-order chi connectivity index (χ1) is 21.9. The number of hydrogen-bond acceptors (Lipinski definition) is 8. The van der Waals surface area contributed by atoms with Crippen molar-refractivity contribution in [1.29, 1.82) is 0 Å². The van der Waals surface area contributed by atoms with Crippen molar-refractivity contribution in [2.24, 2.45) is 0 Å². The fourth-order valence-electron chi connectivity index (χ4n) is 5.98. The van der Waals surface area contributed by atoms with E-state index in [1.165, 1.54) is 0 Å². The van der Waals surface area contributed by atoms with Gasteiger partial charge in [-0.25, -0.2) is 5.48 Å². The number of hydroxylamine groups is 1. The largest absolute Gasteiger partial charge is 0.392 e. The van der Waals surface area contributed by atoms with Crippen LogP contribution in [0.1, 0.15) is 73.2 Å². The third-order valence-electron chi connectivity index (χ3n) is 8.49. The number of carbonyl (C=O) groups is 2. The smallest absolute Gasteiger partial charge is 0.243 e. The summed E-state index contributed by atoms with van der Waals surface area (Å²) < 4.78 is 13.0. The number of aliphatic hydroxyl groups excluding tert-OH is 2. The monoisotopic (exact) mass is 617 g/mol. The molecule has 3 aromatic carbocycles. The van der Waals surface area contributed by atoms with Crippen molar-refractivity contribution in [3.8, 4) is 11.1 Å². The van der Waals surface area contributed by atoms with E-state index in [4.69, 9.17) is 14.7 Å². The van der Waals surface area contributed by atoms with Crippen LogP contribution in [-0.2, 0) is 32.2 Å². The van der Waals surface area contributed by atoms with E-state index in [-0.39, 0.29) is 37.2 Å². The second-order valence-electron chi connectivity index (χ2n) is 11.9. The number of amides is 2. The highest BCUT2D eigenvalue weighted by Crippen LogP contribution is 2.39. The van der Waals surface area contributed by atoms with Crippen molar-refractivity contribution >= 4 is 11.8 Å². The lowest BCUT2D eigenvalue weighted by Gasteiger charge is -2.38. The number of carbonyl (C=O) groups excluding carboxylic acids is 2. The number of benzene rings is 3. The summed E-state index contributed by atoms with van der Waals surface area (Å²) in [5, 5.41) is 31.1. The molecule has 2 aliphatic heterocycles. The van der Waals surface area contributed by atoms with Crippen LogP contribution in [-0.4, -0.2) is 64.0 Å². The van der Waals surface area contributed by atoms with E-state index in [2.05, 4.69) is 10.2 Å². The molecular formula is C35H43N3O7. The van der Waals surface area contributed by atoms with E-state index in [1.54, 1.807) is 5.48 Å². The van der Waals surface area contributed by atoms with Crippen LogP contribution in [0, 0.1) is 0 Å². The summed E-state index contributed by atoms with van der Waals surface area (Å²) in [6.07, 6.45) is 1.93. The van der Waals surface area contributed by atoms with Gasteiger partial charge in [-0.05, 0) is 47.1 Å². The van der Waals surface area contributed by atoms with Crippen molar-refractivity contribution in [2.45, 2.75) is 76.3 Å². The fourth-order valence-corrected chi connectivity index (χ4v) is 5.98. The van der Waals surface area contributed by atoms with Crippen LogP contribution in [0.5, 0.6) is 0 Å². The summed E-state index contributed by atoms with van der Waals surface area (Å²) in [6, 6.07) is 23.9. The van der Waals surface area contributed by atoms with Crippen molar-refractivity contribution < 1.29 is 34.5 Å². The summed E-state index contributed by atoms with van der Waals surface area (Å²) in [7, 11) is 0. The van der Waals surface area contributed by atoms with Gasteiger partial charge in [0.25, 0.3) is 0 Å². The molecule has 4 unspecified atom stereocenters. The summed E-state index contributed by atoms with van der Waals surface area (Å²) in [4.78, 5) is 25.8. The average Bonchev–Trinajstić information content (AvgIpc) is 3.49. The molecule has 3 aromatic rings. The molecule has 2 amide bonds. The van der Waals surface area contributed by atoms with Crippen molar-refractivity contribution in [1.82, 2.24) is 15.7 Å². The minimum absolute atomic E-state index is 0.00725. The highest BCUT2D eigenvalue weighted by Gasteiger charge is 2.34. The lowest BCUT2D eigenvalue weighted by Crippen LogP contribution is -2.38. The molecule has 0 bridgehead atoms. The molecule has 5 N–H and O–H groups in total. The molecule has 10 nitrogen and oxygen atoms in total. The van der Waals surface area contributed by atoms with Crippen LogP contribution in [0.2, 0.25) is 0 Å². The number of hydrogen-bond donors (Lipinski definition) is 5. The minimum atomic E-state index is -0.564. The SMILES string of the molecule is O=C(CCCCC(=O)NCc1ccccc1-c1ccc(C2OC(CN3CCC(O)C3)CC(c3ccc(CO)cc3)O2)cc1)NO. The maximum atomic E-state index is 12.4. The molecule has 4 atom stereocenters. The van der Waals surface area contributed by atoms with Gasteiger partial charge in [-0.15, -0.1) is 0 Å². The molecule has 0 aliphatic carbocycles. The molecule has 2 saturated heterocycles. The Labute approximate surface area is 263 Å². The highest BCUT2D eigenvalue weighted by molar-refractivity contribution is 5.77. The minimum Gasteiger partial charge on any atom is -0.392 e. The molecular weight excluding hydrogens is 574 g/mol. The number of ether oxygens (including phenoxy) is 2. The average molecular weight is 618 g/mol. The maximum absolute atomic E-state index is 12.4. The lowest BCUT2D eigenvalue weighted by molar-refractivity contribution is -0.252. The second kappa shape index (κ2) is 16.1. The zero-order valence-electron chi connectivity index (χ0n) is 25.4. The van der Waals surface area contributed by atoms with Crippen LogP contribution < -0.4 is 10.8 Å². The van der Waals surface area contributed by atoms with Gasteiger partial charge in [0.05, 0.1) is 24.9 Å². The molecule has 0 saturated carbocycles. The maximum Gasteiger partial charge on any atom is 0.243 e. The van der Waals surface area contributed by atoms with E-state index >= 15 is 0 Å². The summed E-state index contributed by atoms with van der Waals surface area (Å²) in [5.74, 6) is -0.539. The third-order valence-corrected chi connectivity index (χ3v) is 8.49. The van der Waals surface area contributed by atoms with Crippen molar-refractivity contribution in [3.63, 3.8) is 0 Å². The quantitative estimate of drug-likeness (QED) is 0.110. The third kappa shape index (κ3) is 9.20. The molecule has 2 heterocycles. The Morgan fingerprint density at radius 2 is 1.60 bits per heavy atom. The predicted molar refractivity (Wildman–Crippen MR) is 168 cm³/mol. The Hall–Kier alpha value is -3.64. The van der Waals surface area contributed by atoms with Crippen LogP contribution in [0.15, 0.2) is 72.8 Å². The number of β-amino-alcohol motifs (C(OH)–C–C–N with tert-alkyl or cyclic N) is 1. The Balaban J connectivity index is 1.25. The zero-order chi connectivity index (χ0) is 31.6. The van der Waals surface area contributed by atoms with E-state index < -0.39 is 12.2 Å². The first kappa shape index (κ1) is 32.7. The number of likely N-dealkylation sites (tertiary alicyclic amines) is 1. The van der Waals surface area contributed by atoms with Gasteiger partial charge in [0.15, 0.2) is 6.29 Å².